The predicted octanol–water partition coefficient (Wildman–Crippen LogP) is 9.13. The van der Waals surface area contributed by atoms with Crippen molar-refractivity contribution in [2.24, 2.45) is 0 Å². The number of benzene rings is 6. The predicted molar refractivity (Wildman–Crippen MR) is 334 cm³/mol. The van der Waals surface area contributed by atoms with E-state index in [-0.39, 0.29) is 31.6 Å². The number of aromatic amines is 2. The van der Waals surface area contributed by atoms with Crippen LogP contribution in [0.1, 0.15) is 69.8 Å². The van der Waals surface area contributed by atoms with Crippen LogP contribution in [0, 0.1) is 13.8 Å². The molecule has 11 rings (SSSR count). The zero-order valence-electron chi connectivity index (χ0n) is 49.2. The molecule has 2 N–H and O–H groups in total. The van der Waals surface area contributed by atoms with Crippen LogP contribution in [0.15, 0.2) is 214 Å². The maximum atomic E-state index is 13.8. The van der Waals surface area contributed by atoms with Gasteiger partial charge in [-0.15, -0.1) is 0 Å². The van der Waals surface area contributed by atoms with Crippen molar-refractivity contribution >= 4 is 23.6 Å². The first kappa shape index (κ1) is 61.1. The minimum absolute atomic E-state index is 0.0429. The molecule has 0 amide bonds. The van der Waals surface area contributed by atoms with E-state index in [9.17, 15) is 19.2 Å². The standard InChI is InChI=1S/C67H66N5O14PS/c1-43-39-71(64(75)69-62(43)73)60-37-56(85-67(46-15-11-8-12-16-46,49-21-29-53(79-5)30-22-49)50-23-31-54(80-6)32-24-50)59(84-60)42-82-87(88,55-33-35-68-36-34-55)86-57-38-61(72-40-44(2)63(74)70-65(72)76)83-58(57)41-81-66(45-13-9-7-10-14-45,47-17-25-51(77-3)26-18-47)48-19-27-52(78-4)28-20-48/h7-36,39-40,56-61H,37-38,41-42H2,1-6H3,(H,69,73,75)(H,70,74,76)/t56-,57-,58+,59+,60+,61+,87+/m0/s1. The molecular formula is C67H66N5O14PS. The van der Waals surface area contributed by atoms with Gasteiger partial charge in [0.25, 0.3) is 11.1 Å². The number of nitrogens with zero attached hydrogens (tertiary/aromatic N) is 3. The van der Waals surface area contributed by atoms with Crippen molar-refractivity contribution in [2.45, 2.75) is 74.8 Å². The lowest BCUT2D eigenvalue weighted by Crippen LogP contribution is -2.41. The summed E-state index contributed by atoms with van der Waals surface area (Å²) in [4.78, 5) is 62.4. The Balaban J connectivity index is 1.01. The number of methoxy groups -OCH3 is 4. The smallest absolute Gasteiger partial charge is 0.330 e. The highest BCUT2D eigenvalue weighted by Crippen LogP contribution is 2.54. The molecular weight excluding hydrogens is 1160 g/mol. The fourth-order valence-corrected chi connectivity index (χ4v) is 14.1. The molecule has 21 heteroatoms. The summed E-state index contributed by atoms with van der Waals surface area (Å²) >= 11 is 6.73. The van der Waals surface area contributed by atoms with Crippen LogP contribution in [0.2, 0.25) is 0 Å². The second kappa shape index (κ2) is 26.4. The van der Waals surface area contributed by atoms with Crippen molar-refractivity contribution in [2.75, 3.05) is 41.7 Å². The Morgan fingerprint density at radius 1 is 0.511 bits per heavy atom. The van der Waals surface area contributed by atoms with Crippen molar-refractivity contribution < 1.29 is 46.9 Å². The number of hydrogen-bond donors (Lipinski definition) is 2. The van der Waals surface area contributed by atoms with Gasteiger partial charge in [0.2, 0.25) is 6.49 Å². The van der Waals surface area contributed by atoms with E-state index in [1.165, 1.54) is 21.5 Å². The van der Waals surface area contributed by atoms with E-state index in [0.29, 0.717) is 33.9 Å². The first-order valence-electron chi connectivity index (χ1n) is 28.5. The summed E-state index contributed by atoms with van der Waals surface area (Å²) in [6.45, 7) is -0.982. The largest absolute Gasteiger partial charge is 0.497 e. The van der Waals surface area contributed by atoms with Crippen molar-refractivity contribution in [1.29, 1.82) is 0 Å². The maximum absolute atomic E-state index is 13.8. The fourth-order valence-electron chi connectivity index (χ4n) is 11.5. The Labute approximate surface area is 512 Å². The van der Waals surface area contributed by atoms with E-state index >= 15 is 0 Å². The second-order valence-electron chi connectivity index (χ2n) is 21.3. The van der Waals surface area contributed by atoms with Crippen LogP contribution in [0.3, 0.4) is 0 Å². The number of hydrogen-bond acceptors (Lipinski definition) is 16. The summed E-state index contributed by atoms with van der Waals surface area (Å²) in [6.07, 6.45) is 0.501. The van der Waals surface area contributed by atoms with Gasteiger partial charge in [-0.3, -0.25) is 33.7 Å². The topological polar surface area (TPSA) is 215 Å². The minimum atomic E-state index is -3.80. The summed E-state index contributed by atoms with van der Waals surface area (Å²) < 4.78 is 68.7. The van der Waals surface area contributed by atoms with Gasteiger partial charge in [-0.1, -0.05) is 109 Å². The molecule has 3 aromatic heterocycles. The molecule has 0 saturated carbocycles. The molecule has 2 aliphatic heterocycles. The van der Waals surface area contributed by atoms with Crippen LogP contribution in [-0.2, 0) is 51.0 Å². The maximum Gasteiger partial charge on any atom is 0.330 e. The summed E-state index contributed by atoms with van der Waals surface area (Å²) in [5, 5.41) is 0.488. The Morgan fingerprint density at radius 3 is 1.31 bits per heavy atom. The highest BCUT2D eigenvalue weighted by molar-refractivity contribution is 8.13. The van der Waals surface area contributed by atoms with Gasteiger partial charge in [-0.2, -0.15) is 0 Å². The van der Waals surface area contributed by atoms with Crippen LogP contribution >= 0.6 is 6.49 Å². The number of nitrogens with one attached hydrogen (secondary N) is 2. The Morgan fingerprint density at radius 2 is 0.886 bits per heavy atom. The molecule has 0 spiro atoms. The second-order valence-corrected chi connectivity index (χ2v) is 24.7. The molecule has 2 fully saturated rings. The summed E-state index contributed by atoms with van der Waals surface area (Å²) in [5.41, 5.74) is 0.0505. The average molecular weight is 1230 g/mol. The third-order valence-corrected chi connectivity index (χ3v) is 19.2. The molecule has 0 bridgehead atoms. The molecule has 454 valence electrons. The number of pyridine rings is 1. The fraction of sp³-hybridized carbons (Fsp3) is 0.269. The van der Waals surface area contributed by atoms with Crippen LogP contribution in [0.5, 0.6) is 23.0 Å². The summed E-state index contributed by atoms with van der Waals surface area (Å²) in [6, 6.07) is 53.5. The lowest BCUT2D eigenvalue weighted by Gasteiger charge is -2.39. The number of H-pyrrole nitrogens is 2. The third kappa shape index (κ3) is 12.3. The zero-order chi connectivity index (χ0) is 61.6. The van der Waals surface area contributed by atoms with Crippen molar-refractivity contribution in [3.63, 3.8) is 0 Å². The van der Waals surface area contributed by atoms with Crippen molar-refractivity contribution in [3.05, 3.63) is 281 Å². The lowest BCUT2D eigenvalue weighted by molar-refractivity contribution is -0.0993. The Hall–Kier alpha value is -8.56. The molecule has 6 aromatic carbocycles. The van der Waals surface area contributed by atoms with E-state index in [0.717, 1.165) is 33.4 Å². The van der Waals surface area contributed by atoms with Crippen molar-refractivity contribution in [1.82, 2.24) is 24.1 Å². The molecule has 0 aliphatic carbocycles. The molecule has 0 unspecified atom stereocenters. The van der Waals surface area contributed by atoms with E-state index in [1.54, 1.807) is 66.8 Å². The van der Waals surface area contributed by atoms with Gasteiger partial charge in [0, 0.05) is 54.1 Å². The molecule has 88 heavy (non-hydrogen) atoms. The first-order chi connectivity index (χ1) is 42.7. The number of aryl methyl sites for hydroxylation is 2. The monoisotopic (exact) mass is 1230 g/mol. The molecule has 0 radical (unpaired) electrons. The average Bonchev–Trinajstić information content (AvgIpc) is 1.40. The van der Waals surface area contributed by atoms with E-state index in [4.69, 9.17) is 58.7 Å². The van der Waals surface area contributed by atoms with E-state index in [1.807, 2.05) is 158 Å². The molecule has 7 atom stereocenters. The Bertz CT molecular complexity index is 4040. The zero-order valence-corrected chi connectivity index (χ0v) is 50.9. The van der Waals surface area contributed by atoms with Crippen LogP contribution < -0.4 is 46.8 Å². The molecule has 19 nitrogen and oxygen atoms in total. The lowest BCUT2D eigenvalue weighted by atomic mass is 9.79. The van der Waals surface area contributed by atoms with E-state index in [2.05, 4.69) is 15.0 Å². The molecule has 9 aromatic rings. The SMILES string of the molecule is COc1ccc(C(OC[C@H]2O[C@@H](n3cc(C)c(=O)[nH]c3=O)C[C@@H]2O[P@](=S)(OC[C@H]2O[C@@H](n3cc(C)c(=O)[nH]c3=O)C[C@@H]2OC(c2ccccc2)(c2ccc(OC)cc2)c2ccc(OC)cc2)c2ccncc2)(c2ccccc2)c2ccc(OC)cc2)cc1. The van der Waals surface area contributed by atoms with Crippen LogP contribution in [-0.4, -0.2) is 90.2 Å². The summed E-state index contributed by atoms with van der Waals surface area (Å²) in [7, 11) is 6.41. The van der Waals surface area contributed by atoms with Gasteiger partial charge in [-0.25, -0.2) is 9.59 Å². The molecule has 5 heterocycles. The van der Waals surface area contributed by atoms with Gasteiger partial charge in [-0.05, 0) is 120 Å². The van der Waals surface area contributed by atoms with Gasteiger partial charge < -0.3 is 46.9 Å². The molecule has 2 saturated heterocycles. The molecule has 2 aliphatic rings. The van der Waals surface area contributed by atoms with Crippen molar-refractivity contribution in [3.8, 4) is 23.0 Å². The normalized spacial score (nSPS) is 19.2. The Kier molecular flexibility index (Phi) is 18.3. The highest BCUT2D eigenvalue weighted by Gasteiger charge is 2.49. The van der Waals surface area contributed by atoms with Crippen LogP contribution in [0.25, 0.3) is 0 Å². The first-order valence-corrected chi connectivity index (χ1v) is 31.1. The van der Waals surface area contributed by atoms with Gasteiger partial charge >= 0.3 is 11.4 Å². The highest BCUT2D eigenvalue weighted by atomic mass is 32.5. The van der Waals surface area contributed by atoms with Crippen LogP contribution in [0.4, 0.5) is 0 Å². The number of aromatic nitrogens is 5. The minimum Gasteiger partial charge on any atom is -0.497 e. The quantitative estimate of drug-likeness (QED) is 0.0451. The number of ether oxygens (including phenoxy) is 8. The van der Waals surface area contributed by atoms with Gasteiger partial charge in [0.15, 0.2) is 0 Å². The summed E-state index contributed by atoms with van der Waals surface area (Å²) in [5.74, 6) is 2.54. The number of rotatable bonds is 23. The van der Waals surface area contributed by atoms with Gasteiger partial charge in [0.1, 0.15) is 58.9 Å². The third-order valence-electron chi connectivity index (χ3n) is 16.1. The van der Waals surface area contributed by atoms with E-state index < -0.39 is 77.1 Å². The van der Waals surface area contributed by atoms with Gasteiger partial charge in [0.05, 0.1) is 53.9 Å².